The van der Waals surface area contributed by atoms with Crippen LogP contribution in [0.5, 0.6) is 0 Å². The molecular weight excluding hydrogens is 290 g/mol. The fourth-order valence-corrected chi connectivity index (χ4v) is 2.76. The average molecular weight is 307 g/mol. The Morgan fingerprint density at radius 1 is 1.29 bits per heavy atom. The van der Waals surface area contributed by atoms with Crippen molar-refractivity contribution < 1.29 is 13.5 Å². The van der Waals surface area contributed by atoms with Gasteiger partial charge in [0, 0.05) is 6.20 Å². The Hall–Kier alpha value is -1.83. The van der Waals surface area contributed by atoms with E-state index in [1.807, 2.05) is 6.92 Å². The SMILES string of the molecule is Cc1cnc(CNS(=O)(=O)c2cccc(C(C)O)c2)cn1. The number of aryl methyl sites for hydroxylation is 1. The van der Waals surface area contributed by atoms with Crippen molar-refractivity contribution in [3.8, 4) is 0 Å². The molecule has 0 radical (unpaired) electrons. The zero-order valence-corrected chi connectivity index (χ0v) is 12.6. The van der Waals surface area contributed by atoms with E-state index in [0.717, 1.165) is 5.69 Å². The lowest BCUT2D eigenvalue weighted by Gasteiger charge is -2.09. The van der Waals surface area contributed by atoms with Crippen molar-refractivity contribution in [1.82, 2.24) is 14.7 Å². The van der Waals surface area contributed by atoms with E-state index in [-0.39, 0.29) is 11.4 Å². The first kappa shape index (κ1) is 15.6. The lowest BCUT2D eigenvalue weighted by atomic mass is 10.1. The molecule has 0 amide bonds. The number of aliphatic hydroxyl groups is 1. The van der Waals surface area contributed by atoms with Gasteiger partial charge in [0.25, 0.3) is 0 Å². The molecule has 0 saturated carbocycles. The highest BCUT2D eigenvalue weighted by atomic mass is 32.2. The van der Waals surface area contributed by atoms with Crippen molar-refractivity contribution in [3.05, 3.63) is 53.6 Å². The number of nitrogens with one attached hydrogen (secondary N) is 1. The van der Waals surface area contributed by atoms with Crippen LogP contribution in [-0.2, 0) is 16.6 Å². The van der Waals surface area contributed by atoms with Gasteiger partial charge in [-0.2, -0.15) is 0 Å². The minimum Gasteiger partial charge on any atom is -0.389 e. The zero-order valence-electron chi connectivity index (χ0n) is 11.8. The Balaban J connectivity index is 2.14. The van der Waals surface area contributed by atoms with Gasteiger partial charge in [-0.05, 0) is 31.5 Å². The molecule has 1 atom stereocenters. The Bertz CT molecular complexity index is 712. The molecule has 2 rings (SSSR count). The lowest BCUT2D eigenvalue weighted by Crippen LogP contribution is -2.24. The molecule has 0 aliphatic heterocycles. The van der Waals surface area contributed by atoms with Crippen LogP contribution in [0, 0.1) is 6.92 Å². The number of benzene rings is 1. The van der Waals surface area contributed by atoms with Gasteiger partial charge in [0.2, 0.25) is 10.0 Å². The third kappa shape index (κ3) is 4.07. The number of aliphatic hydroxyl groups excluding tert-OH is 1. The Kier molecular flexibility index (Phi) is 4.66. The van der Waals surface area contributed by atoms with E-state index in [0.29, 0.717) is 11.3 Å². The third-order valence-corrected chi connectivity index (χ3v) is 4.33. The fourth-order valence-electron chi connectivity index (χ4n) is 1.70. The van der Waals surface area contributed by atoms with E-state index < -0.39 is 16.1 Å². The van der Waals surface area contributed by atoms with Crippen LogP contribution in [-0.4, -0.2) is 23.5 Å². The molecule has 0 fully saturated rings. The minimum atomic E-state index is -3.65. The van der Waals surface area contributed by atoms with E-state index in [1.54, 1.807) is 25.3 Å². The van der Waals surface area contributed by atoms with Crippen LogP contribution < -0.4 is 4.72 Å². The molecule has 0 spiro atoms. The molecule has 112 valence electrons. The van der Waals surface area contributed by atoms with Crippen LogP contribution in [0.3, 0.4) is 0 Å². The summed E-state index contributed by atoms with van der Waals surface area (Å²) in [7, 11) is -3.65. The Labute approximate surface area is 123 Å². The maximum Gasteiger partial charge on any atom is 0.240 e. The number of aromatic nitrogens is 2. The topological polar surface area (TPSA) is 92.2 Å². The second-order valence-electron chi connectivity index (χ2n) is 4.72. The molecule has 1 aromatic heterocycles. The van der Waals surface area contributed by atoms with Crippen LogP contribution in [0.2, 0.25) is 0 Å². The molecule has 1 aromatic carbocycles. The van der Waals surface area contributed by atoms with Gasteiger partial charge in [0.1, 0.15) is 0 Å². The quantitative estimate of drug-likeness (QED) is 0.869. The van der Waals surface area contributed by atoms with Crippen LogP contribution in [0.1, 0.15) is 30.0 Å². The largest absolute Gasteiger partial charge is 0.389 e. The molecular formula is C14H17N3O3S. The lowest BCUT2D eigenvalue weighted by molar-refractivity contribution is 0.199. The van der Waals surface area contributed by atoms with Crippen LogP contribution in [0.4, 0.5) is 0 Å². The number of hydrogen-bond acceptors (Lipinski definition) is 5. The van der Waals surface area contributed by atoms with E-state index in [1.165, 1.54) is 18.3 Å². The normalized spacial score (nSPS) is 13.1. The van der Waals surface area contributed by atoms with Crippen molar-refractivity contribution in [2.45, 2.75) is 31.4 Å². The predicted octanol–water partition coefficient (Wildman–Crippen LogP) is 1.32. The van der Waals surface area contributed by atoms with Crippen molar-refractivity contribution in [1.29, 1.82) is 0 Å². The monoisotopic (exact) mass is 307 g/mol. The maximum absolute atomic E-state index is 12.2. The summed E-state index contributed by atoms with van der Waals surface area (Å²) in [5, 5.41) is 9.51. The summed E-state index contributed by atoms with van der Waals surface area (Å²) < 4.78 is 26.9. The van der Waals surface area contributed by atoms with Crippen LogP contribution in [0.15, 0.2) is 41.6 Å². The Morgan fingerprint density at radius 3 is 2.67 bits per heavy atom. The Morgan fingerprint density at radius 2 is 2.05 bits per heavy atom. The van der Waals surface area contributed by atoms with Gasteiger partial charge in [-0.25, -0.2) is 13.1 Å². The van der Waals surface area contributed by atoms with Gasteiger partial charge in [-0.1, -0.05) is 12.1 Å². The predicted molar refractivity (Wildman–Crippen MR) is 77.9 cm³/mol. The van der Waals surface area contributed by atoms with E-state index in [4.69, 9.17) is 0 Å². The smallest absolute Gasteiger partial charge is 0.240 e. The highest BCUT2D eigenvalue weighted by molar-refractivity contribution is 7.89. The van der Waals surface area contributed by atoms with Gasteiger partial charge in [-0.3, -0.25) is 9.97 Å². The molecule has 7 heteroatoms. The first-order valence-electron chi connectivity index (χ1n) is 6.44. The molecule has 0 aliphatic rings. The molecule has 0 aliphatic carbocycles. The molecule has 1 unspecified atom stereocenters. The summed E-state index contributed by atoms with van der Waals surface area (Å²) in [6.45, 7) is 3.46. The summed E-state index contributed by atoms with van der Waals surface area (Å²) in [4.78, 5) is 8.26. The van der Waals surface area contributed by atoms with Gasteiger partial charge >= 0.3 is 0 Å². The van der Waals surface area contributed by atoms with Gasteiger partial charge in [-0.15, -0.1) is 0 Å². The summed E-state index contributed by atoms with van der Waals surface area (Å²) in [5.41, 5.74) is 1.86. The van der Waals surface area contributed by atoms with Crippen LogP contribution in [0.25, 0.3) is 0 Å². The molecule has 21 heavy (non-hydrogen) atoms. The summed E-state index contributed by atoms with van der Waals surface area (Å²) >= 11 is 0. The van der Waals surface area contributed by atoms with Gasteiger partial charge in [0.05, 0.1) is 35.1 Å². The molecule has 2 N–H and O–H groups in total. The number of rotatable bonds is 5. The minimum absolute atomic E-state index is 0.0640. The molecule has 1 heterocycles. The first-order valence-corrected chi connectivity index (χ1v) is 7.92. The fraction of sp³-hybridized carbons (Fsp3) is 0.286. The summed E-state index contributed by atoms with van der Waals surface area (Å²) in [5.74, 6) is 0. The molecule has 0 saturated heterocycles. The van der Waals surface area contributed by atoms with Gasteiger partial charge < -0.3 is 5.11 Å². The first-order chi connectivity index (χ1) is 9.88. The van der Waals surface area contributed by atoms with Crippen molar-refractivity contribution in [2.75, 3.05) is 0 Å². The maximum atomic E-state index is 12.2. The number of sulfonamides is 1. The highest BCUT2D eigenvalue weighted by Crippen LogP contribution is 2.17. The second-order valence-corrected chi connectivity index (χ2v) is 6.49. The molecule has 2 aromatic rings. The summed E-state index contributed by atoms with van der Waals surface area (Å²) in [6, 6.07) is 6.21. The van der Waals surface area contributed by atoms with E-state index in [9.17, 15) is 13.5 Å². The standard InChI is InChI=1S/C14H17N3O3S/c1-10-7-16-13(8-15-10)9-17-21(19,20)14-5-3-4-12(6-14)11(2)18/h3-8,11,17-18H,9H2,1-2H3. The van der Waals surface area contributed by atoms with Crippen molar-refractivity contribution in [3.63, 3.8) is 0 Å². The average Bonchev–Trinajstić information content (AvgIpc) is 2.47. The van der Waals surface area contributed by atoms with Gasteiger partial charge in [0.15, 0.2) is 0 Å². The number of nitrogens with zero attached hydrogens (tertiary/aromatic N) is 2. The molecule has 6 nitrogen and oxygen atoms in total. The highest BCUT2D eigenvalue weighted by Gasteiger charge is 2.15. The number of hydrogen-bond donors (Lipinski definition) is 2. The van der Waals surface area contributed by atoms with Crippen molar-refractivity contribution in [2.24, 2.45) is 0 Å². The van der Waals surface area contributed by atoms with Crippen molar-refractivity contribution >= 4 is 10.0 Å². The third-order valence-electron chi connectivity index (χ3n) is 2.93. The zero-order chi connectivity index (χ0) is 15.5. The summed E-state index contributed by atoms with van der Waals surface area (Å²) in [6.07, 6.45) is 2.39. The van der Waals surface area contributed by atoms with E-state index in [2.05, 4.69) is 14.7 Å². The van der Waals surface area contributed by atoms with E-state index >= 15 is 0 Å². The van der Waals surface area contributed by atoms with Crippen LogP contribution >= 0.6 is 0 Å². The second kappa shape index (κ2) is 6.30. The molecule has 0 bridgehead atoms.